The minimum atomic E-state index is 0.250. The summed E-state index contributed by atoms with van der Waals surface area (Å²) in [5, 5.41) is 14.6. The van der Waals surface area contributed by atoms with E-state index >= 15 is 0 Å². The minimum absolute atomic E-state index is 0.250. The summed E-state index contributed by atoms with van der Waals surface area (Å²) in [6.07, 6.45) is 0.250. The molecule has 0 aliphatic rings. The average Bonchev–Trinajstić information content (AvgIpc) is 1.70. The van der Waals surface area contributed by atoms with E-state index < -0.39 is 0 Å². The number of carbonyl (C=O) groups is 1. The molecular weight excluding hydrogens is 118 g/mol. The van der Waals surface area contributed by atoms with Crippen LogP contribution in [0.3, 0.4) is 0 Å². The number of nitriles is 2. The van der Waals surface area contributed by atoms with Crippen molar-refractivity contribution in [3.05, 3.63) is 0 Å². The fraction of sp³-hybridized carbons (Fsp3) is 0.400. The molecule has 0 atom stereocenters. The lowest BCUT2D eigenvalue weighted by atomic mass is 11.0. The van der Waals surface area contributed by atoms with Crippen LogP contribution in [0.4, 0.5) is 0 Å². The van der Waals surface area contributed by atoms with Gasteiger partial charge in [-0.25, -0.2) is 0 Å². The van der Waals surface area contributed by atoms with E-state index in [1.165, 1.54) is 13.8 Å². The van der Waals surface area contributed by atoms with Gasteiger partial charge < -0.3 is 5.73 Å². The molecule has 0 heterocycles. The second kappa shape index (κ2) is 91.1. The van der Waals surface area contributed by atoms with Gasteiger partial charge in [-0.15, -0.1) is 0 Å². The highest BCUT2D eigenvalue weighted by Gasteiger charge is 1.19. The second-order valence-electron chi connectivity index (χ2n) is 0.583. The summed E-state index contributed by atoms with van der Waals surface area (Å²) < 4.78 is 0. The van der Waals surface area contributed by atoms with E-state index in [1.807, 2.05) is 0 Å². The maximum absolute atomic E-state index is 8.58. The lowest BCUT2D eigenvalue weighted by Gasteiger charge is -1.32. The number of rotatable bonds is 0. The minimum Gasteiger partial charge on any atom is -0.372 e. The number of primary amides is 1. The molecule has 0 aliphatic heterocycles. The largest absolute Gasteiger partial charge is 0.372 e. The van der Waals surface area contributed by atoms with Crippen LogP contribution in [0.25, 0.3) is 0 Å². The van der Waals surface area contributed by atoms with Gasteiger partial charge in [0, 0.05) is 13.8 Å². The average molecular weight is 127 g/mol. The first kappa shape index (κ1) is 15.7. The van der Waals surface area contributed by atoms with Gasteiger partial charge in [0.15, 0.2) is 0 Å². The predicted molar refractivity (Wildman–Crippen MR) is 32.8 cm³/mol. The smallest absolute Gasteiger partial charge is 0.204 e. The Morgan fingerprint density at radius 3 is 1.33 bits per heavy atom. The van der Waals surface area contributed by atoms with Crippen molar-refractivity contribution in [1.82, 2.24) is 0 Å². The van der Waals surface area contributed by atoms with Gasteiger partial charge in [0.2, 0.25) is 6.41 Å². The summed E-state index contributed by atoms with van der Waals surface area (Å²) in [5.41, 5.74) is 4.17. The maximum atomic E-state index is 8.58. The van der Waals surface area contributed by atoms with Crippen molar-refractivity contribution < 1.29 is 4.79 Å². The Bertz CT molecular complexity index is 96.4. The number of carbonyl (C=O) groups excluding carboxylic acids is 1. The molecule has 0 saturated heterocycles. The molecule has 0 aromatic carbocycles. The zero-order valence-corrected chi connectivity index (χ0v) is 5.46. The molecule has 0 radical (unpaired) electrons. The molecule has 0 fully saturated rings. The molecule has 0 bridgehead atoms. The van der Waals surface area contributed by atoms with Gasteiger partial charge in [0.05, 0.1) is 12.1 Å². The van der Waals surface area contributed by atoms with Gasteiger partial charge in [0.25, 0.3) is 0 Å². The topological polar surface area (TPSA) is 90.7 Å². The second-order valence-corrected chi connectivity index (χ2v) is 0.583. The highest BCUT2D eigenvalue weighted by Crippen LogP contribution is 1.22. The predicted octanol–water partition coefficient (Wildman–Crippen LogP) is 0.161. The SMILES string of the molecule is CC#N.CC#N.NC=O. The number of nitrogens with zero attached hydrogens (tertiary/aromatic N) is 2. The Labute approximate surface area is 54.5 Å². The summed E-state index contributed by atoms with van der Waals surface area (Å²) in [6.45, 7) is 2.86. The van der Waals surface area contributed by atoms with Crippen molar-refractivity contribution in [2.24, 2.45) is 5.73 Å². The number of hydrogen-bond donors (Lipinski definition) is 1. The first-order valence-corrected chi connectivity index (χ1v) is 2.02. The molecule has 0 aromatic rings. The first-order valence-electron chi connectivity index (χ1n) is 2.02. The molecule has 50 valence electrons. The van der Waals surface area contributed by atoms with Crippen molar-refractivity contribution in [3.8, 4) is 12.1 Å². The zero-order chi connectivity index (χ0) is 8.12. The number of hydrogen-bond acceptors (Lipinski definition) is 3. The standard InChI is InChI=1S/2C2H3N.CH3NO/c2*1-2-3;2-1-3/h2*1H3;1H,(H2,2,3). The van der Waals surface area contributed by atoms with E-state index in [2.05, 4.69) is 5.73 Å². The molecule has 0 unspecified atom stereocenters. The molecular formula is C5H9N3O. The fourth-order valence-corrected chi connectivity index (χ4v) is 0. The van der Waals surface area contributed by atoms with Gasteiger partial charge in [0.1, 0.15) is 0 Å². The van der Waals surface area contributed by atoms with Gasteiger partial charge in [-0.2, -0.15) is 10.5 Å². The Morgan fingerprint density at radius 1 is 1.33 bits per heavy atom. The first-order chi connectivity index (χ1) is 4.24. The van der Waals surface area contributed by atoms with Crippen LogP contribution in [-0.2, 0) is 4.79 Å². The highest BCUT2D eigenvalue weighted by molar-refractivity contribution is 5.42. The lowest BCUT2D eigenvalue weighted by Crippen LogP contribution is -1.82. The Balaban J connectivity index is -0.0000000600. The Hall–Kier alpha value is -1.55. The van der Waals surface area contributed by atoms with Gasteiger partial charge in [-0.1, -0.05) is 0 Å². The van der Waals surface area contributed by atoms with Crippen LogP contribution in [0, 0.1) is 22.7 Å². The summed E-state index contributed by atoms with van der Waals surface area (Å²) in [4.78, 5) is 8.58. The number of nitrogens with two attached hydrogens (primary N) is 1. The molecule has 2 N–H and O–H groups in total. The van der Waals surface area contributed by atoms with Crippen LogP contribution in [0.2, 0.25) is 0 Å². The van der Waals surface area contributed by atoms with Crippen LogP contribution >= 0.6 is 0 Å². The van der Waals surface area contributed by atoms with E-state index in [0.717, 1.165) is 0 Å². The van der Waals surface area contributed by atoms with Gasteiger partial charge >= 0.3 is 0 Å². The summed E-state index contributed by atoms with van der Waals surface area (Å²) in [7, 11) is 0. The summed E-state index contributed by atoms with van der Waals surface area (Å²) >= 11 is 0. The monoisotopic (exact) mass is 127 g/mol. The van der Waals surface area contributed by atoms with Crippen molar-refractivity contribution in [1.29, 1.82) is 10.5 Å². The fourth-order valence-electron chi connectivity index (χ4n) is 0. The maximum Gasteiger partial charge on any atom is 0.204 e. The third-order valence-electron chi connectivity index (χ3n) is 0. The highest BCUT2D eigenvalue weighted by atomic mass is 16.1. The van der Waals surface area contributed by atoms with Crippen molar-refractivity contribution in [2.45, 2.75) is 13.8 Å². The van der Waals surface area contributed by atoms with Gasteiger partial charge in [-0.05, 0) is 0 Å². The van der Waals surface area contributed by atoms with Crippen LogP contribution in [0.5, 0.6) is 0 Å². The molecule has 1 amide bonds. The van der Waals surface area contributed by atoms with E-state index in [1.54, 1.807) is 12.1 Å². The third-order valence-corrected chi connectivity index (χ3v) is 0. The molecule has 0 spiro atoms. The third kappa shape index (κ3) is 53.2. The Morgan fingerprint density at radius 2 is 1.33 bits per heavy atom. The molecule has 9 heavy (non-hydrogen) atoms. The van der Waals surface area contributed by atoms with Crippen LogP contribution in [0.1, 0.15) is 13.8 Å². The van der Waals surface area contributed by atoms with Crippen LogP contribution < -0.4 is 5.73 Å². The van der Waals surface area contributed by atoms with Crippen LogP contribution in [0.15, 0.2) is 0 Å². The quantitative estimate of drug-likeness (QED) is 0.470. The summed E-state index contributed by atoms with van der Waals surface area (Å²) in [5.74, 6) is 0. The molecule has 0 rings (SSSR count). The normalized spacial score (nSPS) is 3.11. The Kier molecular flexibility index (Phi) is 158. The van der Waals surface area contributed by atoms with Crippen molar-refractivity contribution >= 4 is 6.41 Å². The van der Waals surface area contributed by atoms with E-state index in [0.29, 0.717) is 0 Å². The zero-order valence-electron chi connectivity index (χ0n) is 5.46. The van der Waals surface area contributed by atoms with E-state index in [9.17, 15) is 0 Å². The number of amides is 1. The molecule has 0 aliphatic carbocycles. The van der Waals surface area contributed by atoms with Crippen molar-refractivity contribution in [3.63, 3.8) is 0 Å². The summed E-state index contributed by atoms with van der Waals surface area (Å²) in [6, 6.07) is 3.50. The van der Waals surface area contributed by atoms with Crippen LogP contribution in [-0.4, -0.2) is 6.41 Å². The van der Waals surface area contributed by atoms with Gasteiger partial charge in [-0.3, -0.25) is 4.79 Å². The molecule has 4 nitrogen and oxygen atoms in total. The molecule has 0 aromatic heterocycles. The van der Waals surface area contributed by atoms with E-state index in [4.69, 9.17) is 15.3 Å². The molecule has 0 saturated carbocycles. The molecule has 4 heteroatoms. The lowest BCUT2D eigenvalue weighted by molar-refractivity contribution is -0.106. The van der Waals surface area contributed by atoms with E-state index in [-0.39, 0.29) is 6.41 Å². The van der Waals surface area contributed by atoms with Crippen molar-refractivity contribution in [2.75, 3.05) is 0 Å².